The second-order valence-corrected chi connectivity index (χ2v) is 8.50. The highest BCUT2D eigenvalue weighted by Gasteiger charge is 2.10. The molecule has 2 N–H and O–H groups in total. The van der Waals surface area contributed by atoms with Crippen LogP contribution in [0.1, 0.15) is 0 Å². The fourth-order valence-electron chi connectivity index (χ4n) is 2.39. The average molecular weight is 587 g/mol. The van der Waals surface area contributed by atoms with Crippen LogP contribution in [0.5, 0.6) is 11.5 Å². The molecule has 0 bridgehead atoms. The van der Waals surface area contributed by atoms with Crippen LogP contribution in [0, 0.1) is 0 Å². The number of hydrazine groups is 1. The van der Waals surface area contributed by atoms with Crippen LogP contribution in [0.25, 0.3) is 10.8 Å². The lowest BCUT2D eigenvalue weighted by molar-refractivity contribution is -0.131. The van der Waals surface area contributed by atoms with Gasteiger partial charge in [0.2, 0.25) is 0 Å². The van der Waals surface area contributed by atoms with Crippen LogP contribution < -0.4 is 20.3 Å². The average Bonchev–Trinajstić information content (AvgIpc) is 2.71. The van der Waals surface area contributed by atoms with Gasteiger partial charge in [-0.2, -0.15) is 0 Å². The summed E-state index contributed by atoms with van der Waals surface area (Å²) < 4.78 is 13.5. The summed E-state index contributed by atoms with van der Waals surface area (Å²) in [6.45, 7) is -0.483. The van der Waals surface area contributed by atoms with E-state index in [-0.39, 0.29) is 13.2 Å². The molecule has 0 spiro atoms. The fraction of sp³-hybridized carbons (Fsp3) is 0.100. The van der Waals surface area contributed by atoms with Crippen LogP contribution >= 0.6 is 47.8 Å². The number of amides is 2. The van der Waals surface area contributed by atoms with Gasteiger partial charge in [-0.1, -0.05) is 44.0 Å². The normalized spacial score (nSPS) is 10.4. The number of halogens is 3. The molecule has 0 atom stereocenters. The maximum absolute atomic E-state index is 11.9. The fourth-order valence-corrected chi connectivity index (χ4v) is 3.64. The van der Waals surface area contributed by atoms with Crippen molar-refractivity contribution in [1.82, 2.24) is 10.9 Å². The zero-order valence-electron chi connectivity index (χ0n) is 14.9. The van der Waals surface area contributed by atoms with E-state index in [4.69, 9.17) is 9.47 Å². The minimum atomic E-state index is -0.496. The molecule has 0 saturated carbocycles. The minimum Gasteiger partial charge on any atom is -0.484 e. The molecule has 0 radical (unpaired) electrons. The van der Waals surface area contributed by atoms with Crippen molar-refractivity contribution in [2.24, 2.45) is 0 Å². The Balaban J connectivity index is 1.45. The number of hydrogen-bond acceptors (Lipinski definition) is 4. The van der Waals surface area contributed by atoms with Crippen LogP contribution in [-0.2, 0) is 9.59 Å². The lowest BCUT2D eigenvalue weighted by Gasteiger charge is -2.12. The van der Waals surface area contributed by atoms with Gasteiger partial charge in [0.25, 0.3) is 11.8 Å². The number of hydrogen-bond donors (Lipinski definition) is 2. The van der Waals surface area contributed by atoms with Gasteiger partial charge >= 0.3 is 0 Å². The second kappa shape index (κ2) is 10.1. The summed E-state index contributed by atoms with van der Waals surface area (Å²) in [7, 11) is 0. The van der Waals surface area contributed by atoms with Crippen molar-refractivity contribution in [3.8, 4) is 11.5 Å². The Bertz CT molecular complexity index is 1040. The second-order valence-electron chi connectivity index (χ2n) is 5.87. The van der Waals surface area contributed by atoms with Gasteiger partial charge in [-0.3, -0.25) is 20.4 Å². The Labute approximate surface area is 192 Å². The van der Waals surface area contributed by atoms with Gasteiger partial charge in [-0.05, 0) is 69.2 Å². The van der Waals surface area contributed by atoms with Gasteiger partial charge < -0.3 is 9.47 Å². The molecule has 0 fully saturated rings. The summed E-state index contributed by atoms with van der Waals surface area (Å²) in [5.74, 6) is 0.0922. The highest BCUT2D eigenvalue weighted by Crippen LogP contribution is 2.34. The third kappa shape index (κ3) is 6.19. The summed E-state index contributed by atoms with van der Waals surface area (Å²) in [6.07, 6.45) is 0. The topological polar surface area (TPSA) is 76.7 Å². The molecule has 3 aromatic carbocycles. The van der Waals surface area contributed by atoms with Crippen molar-refractivity contribution < 1.29 is 19.1 Å². The first-order valence-corrected chi connectivity index (χ1v) is 10.8. The number of carbonyl (C=O) groups excluding carboxylic acids is 2. The highest BCUT2D eigenvalue weighted by atomic mass is 79.9. The molecule has 0 aliphatic rings. The highest BCUT2D eigenvalue weighted by molar-refractivity contribution is 9.11. The first-order chi connectivity index (χ1) is 13.9. The number of ether oxygens (including phenoxy) is 2. The van der Waals surface area contributed by atoms with Gasteiger partial charge in [0, 0.05) is 8.95 Å². The van der Waals surface area contributed by atoms with Crippen molar-refractivity contribution >= 4 is 70.4 Å². The molecule has 6 nitrogen and oxygen atoms in total. The predicted octanol–water partition coefficient (Wildman–Crippen LogP) is 4.73. The third-order valence-corrected chi connectivity index (χ3v) is 5.60. The van der Waals surface area contributed by atoms with E-state index < -0.39 is 11.8 Å². The van der Waals surface area contributed by atoms with Gasteiger partial charge in [0.05, 0.1) is 4.47 Å². The number of carbonyl (C=O) groups is 2. The molecule has 0 aromatic heterocycles. The Morgan fingerprint density at radius 2 is 1.38 bits per heavy atom. The molecular formula is C20H15Br3N2O4. The van der Waals surface area contributed by atoms with Gasteiger partial charge in [-0.15, -0.1) is 0 Å². The first kappa shape index (κ1) is 21.6. The third-order valence-electron chi connectivity index (χ3n) is 3.76. The summed E-state index contributed by atoms with van der Waals surface area (Å²) in [5, 5.41) is 1.99. The number of fused-ring (bicyclic) bond motifs is 1. The SMILES string of the molecule is O=C(COc1ccc(Br)cc1)NNC(=O)COc1ccc2cc(Br)ccc2c1Br. The Morgan fingerprint density at radius 3 is 2.07 bits per heavy atom. The van der Waals surface area contributed by atoms with Crippen LogP contribution in [0.2, 0.25) is 0 Å². The van der Waals surface area contributed by atoms with Crippen LogP contribution in [0.15, 0.2) is 68.0 Å². The van der Waals surface area contributed by atoms with Crippen molar-refractivity contribution in [2.45, 2.75) is 0 Å². The lowest BCUT2D eigenvalue weighted by Crippen LogP contribution is -2.45. The zero-order valence-corrected chi connectivity index (χ0v) is 19.6. The molecule has 29 heavy (non-hydrogen) atoms. The Hall–Kier alpha value is -2.10. The molecule has 2 amide bonds. The summed E-state index contributed by atoms with van der Waals surface area (Å²) in [5.41, 5.74) is 4.57. The molecule has 0 heterocycles. The van der Waals surface area contributed by atoms with Crippen molar-refractivity contribution in [3.05, 3.63) is 68.0 Å². The number of rotatable bonds is 6. The summed E-state index contributed by atoms with van der Waals surface area (Å²) >= 11 is 10.3. The van der Waals surface area contributed by atoms with Gasteiger partial charge in [-0.25, -0.2) is 0 Å². The molecule has 9 heteroatoms. The van der Waals surface area contributed by atoms with E-state index in [0.29, 0.717) is 11.5 Å². The van der Waals surface area contributed by atoms with Crippen LogP contribution in [0.4, 0.5) is 0 Å². The molecule has 0 aliphatic heterocycles. The van der Waals surface area contributed by atoms with E-state index in [2.05, 4.69) is 58.6 Å². The smallest absolute Gasteiger partial charge is 0.276 e. The number of nitrogens with one attached hydrogen (secondary N) is 2. The zero-order chi connectivity index (χ0) is 20.8. The Kier molecular flexibility index (Phi) is 7.51. The lowest BCUT2D eigenvalue weighted by atomic mass is 10.1. The molecule has 150 valence electrons. The van der Waals surface area contributed by atoms with Gasteiger partial charge in [0.15, 0.2) is 13.2 Å². The van der Waals surface area contributed by atoms with E-state index in [1.54, 1.807) is 30.3 Å². The Morgan fingerprint density at radius 1 is 0.759 bits per heavy atom. The summed E-state index contributed by atoms with van der Waals surface area (Å²) in [4.78, 5) is 23.7. The minimum absolute atomic E-state index is 0.228. The monoisotopic (exact) mass is 584 g/mol. The number of benzene rings is 3. The molecular weight excluding hydrogens is 572 g/mol. The van der Waals surface area contributed by atoms with Gasteiger partial charge in [0.1, 0.15) is 11.5 Å². The maximum Gasteiger partial charge on any atom is 0.276 e. The van der Waals surface area contributed by atoms with E-state index in [1.165, 1.54) is 0 Å². The molecule has 0 aliphatic carbocycles. The molecule has 3 aromatic rings. The molecule has 0 saturated heterocycles. The predicted molar refractivity (Wildman–Crippen MR) is 121 cm³/mol. The first-order valence-electron chi connectivity index (χ1n) is 8.39. The van der Waals surface area contributed by atoms with Crippen molar-refractivity contribution in [3.63, 3.8) is 0 Å². The van der Waals surface area contributed by atoms with E-state index in [9.17, 15) is 9.59 Å². The maximum atomic E-state index is 11.9. The van der Waals surface area contributed by atoms with Crippen molar-refractivity contribution in [2.75, 3.05) is 13.2 Å². The van der Waals surface area contributed by atoms with E-state index in [0.717, 1.165) is 24.2 Å². The van der Waals surface area contributed by atoms with Crippen LogP contribution in [0.3, 0.4) is 0 Å². The largest absolute Gasteiger partial charge is 0.484 e. The quantitative estimate of drug-likeness (QED) is 0.410. The molecule has 3 rings (SSSR count). The van der Waals surface area contributed by atoms with Crippen molar-refractivity contribution in [1.29, 1.82) is 0 Å². The summed E-state index contributed by atoms with van der Waals surface area (Å²) in [6, 6.07) is 16.6. The standard InChI is InChI=1S/C20H15Br3N2O4/c21-13-2-5-15(6-3-13)28-10-18(26)24-25-19(27)11-29-17-8-1-12-9-14(22)4-7-16(12)20(17)23/h1-9H,10-11H2,(H,24,26)(H,25,27). The van der Waals surface area contributed by atoms with Crippen LogP contribution in [-0.4, -0.2) is 25.0 Å². The van der Waals surface area contributed by atoms with E-state index >= 15 is 0 Å². The van der Waals surface area contributed by atoms with E-state index in [1.807, 2.05) is 24.3 Å². The molecule has 0 unspecified atom stereocenters.